The second-order valence-corrected chi connectivity index (χ2v) is 4.08. The summed E-state index contributed by atoms with van der Waals surface area (Å²) in [5.41, 5.74) is 0.0834. The minimum absolute atomic E-state index is 0.0834. The van der Waals surface area contributed by atoms with Gasteiger partial charge in [-0.15, -0.1) is 11.6 Å². The molecule has 0 aliphatic rings. The molecule has 0 saturated carbocycles. The van der Waals surface area contributed by atoms with Crippen molar-refractivity contribution in [1.82, 2.24) is 5.32 Å². The molecule has 1 unspecified atom stereocenters. The Labute approximate surface area is 103 Å². The van der Waals surface area contributed by atoms with E-state index < -0.39 is 23.1 Å². The Hall–Kier alpha value is -1.62. The van der Waals surface area contributed by atoms with E-state index >= 15 is 0 Å². The van der Waals surface area contributed by atoms with Gasteiger partial charge in [0.15, 0.2) is 0 Å². The molecule has 1 aromatic carbocycles. The van der Waals surface area contributed by atoms with E-state index in [1.165, 1.54) is 32.2 Å². The number of carbonyl (C=O) groups excluding carboxylic acids is 2. The zero-order valence-corrected chi connectivity index (χ0v) is 10.2. The summed E-state index contributed by atoms with van der Waals surface area (Å²) < 4.78 is 13.4. The highest BCUT2D eigenvalue weighted by Gasteiger charge is 2.18. The number of alkyl halides is 1. The molecular weight excluding hydrogens is 247 g/mol. The lowest BCUT2D eigenvalue weighted by Crippen LogP contribution is -2.43. The van der Waals surface area contributed by atoms with Crippen molar-refractivity contribution in [3.05, 3.63) is 30.1 Å². The molecule has 0 bridgehead atoms. The Morgan fingerprint density at radius 1 is 1.41 bits per heavy atom. The van der Waals surface area contributed by atoms with Crippen LogP contribution in [-0.2, 0) is 4.79 Å². The lowest BCUT2D eigenvalue weighted by atomic mass is 10.3. The number of para-hydroxylation sites is 1. The number of rotatable bonds is 2. The van der Waals surface area contributed by atoms with Crippen LogP contribution in [0.3, 0.4) is 0 Å². The Morgan fingerprint density at radius 3 is 2.53 bits per heavy atom. The van der Waals surface area contributed by atoms with Gasteiger partial charge in [0.25, 0.3) is 0 Å². The summed E-state index contributed by atoms with van der Waals surface area (Å²) in [5, 5.41) is 1.23. The van der Waals surface area contributed by atoms with Crippen molar-refractivity contribution >= 4 is 29.2 Å². The molecule has 1 aromatic rings. The third-order valence-electron chi connectivity index (χ3n) is 2.11. The molecule has 0 aliphatic heterocycles. The SMILES string of the molecule is CC(Cl)C(=O)NC(=O)N(C)c1ccccc1F. The average Bonchev–Trinajstić information content (AvgIpc) is 2.28. The van der Waals surface area contributed by atoms with E-state index in [1.54, 1.807) is 6.07 Å². The molecule has 0 spiro atoms. The molecule has 0 heterocycles. The number of carbonyl (C=O) groups is 2. The van der Waals surface area contributed by atoms with Crippen molar-refractivity contribution in [2.45, 2.75) is 12.3 Å². The van der Waals surface area contributed by atoms with Gasteiger partial charge < -0.3 is 0 Å². The van der Waals surface area contributed by atoms with Crippen LogP contribution < -0.4 is 10.2 Å². The van der Waals surface area contributed by atoms with Crippen LogP contribution in [0.25, 0.3) is 0 Å². The zero-order chi connectivity index (χ0) is 13.0. The molecule has 6 heteroatoms. The smallest absolute Gasteiger partial charge is 0.294 e. The lowest BCUT2D eigenvalue weighted by molar-refractivity contribution is -0.119. The predicted molar refractivity (Wildman–Crippen MR) is 63.7 cm³/mol. The fourth-order valence-corrected chi connectivity index (χ4v) is 1.18. The maximum Gasteiger partial charge on any atom is 0.328 e. The second kappa shape index (κ2) is 5.63. The van der Waals surface area contributed by atoms with Crippen LogP contribution in [0.15, 0.2) is 24.3 Å². The van der Waals surface area contributed by atoms with E-state index in [1.807, 2.05) is 0 Å². The van der Waals surface area contributed by atoms with Gasteiger partial charge in [0.1, 0.15) is 11.2 Å². The van der Waals surface area contributed by atoms with Crippen molar-refractivity contribution < 1.29 is 14.0 Å². The predicted octanol–water partition coefficient (Wildman–Crippen LogP) is 2.13. The number of imide groups is 1. The van der Waals surface area contributed by atoms with E-state index in [0.29, 0.717) is 0 Å². The van der Waals surface area contributed by atoms with Crippen molar-refractivity contribution in [3.63, 3.8) is 0 Å². The first-order valence-electron chi connectivity index (χ1n) is 4.90. The summed E-state index contributed by atoms with van der Waals surface area (Å²) in [6.45, 7) is 1.44. The van der Waals surface area contributed by atoms with Gasteiger partial charge in [-0.2, -0.15) is 0 Å². The van der Waals surface area contributed by atoms with Crippen molar-refractivity contribution in [1.29, 1.82) is 0 Å². The molecule has 0 radical (unpaired) electrons. The van der Waals surface area contributed by atoms with Crippen molar-refractivity contribution in [2.75, 3.05) is 11.9 Å². The van der Waals surface area contributed by atoms with Crippen LogP contribution in [0.5, 0.6) is 0 Å². The number of nitrogens with zero attached hydrogens (tertiary/aromatic N) is 1. The van der Waals surface area contributed by atoms with E-state index in [0.717, 1.165) is 4.90 Å². The molecule has 1 N–H and O–H groups in total. The Kier molecular flexibility index (Phi) is 4.45. The minimum Gasteiger partial charge on any atom is -0.294 e. The molecule has 1 atom stereocenters. The Morgan fingerprint density at radius 2 is 2.00 bits per heavy atom. The van der Waals surface area contributed by atoms with Crippen molar-refractivity contribution in [2.24, 2.45) is 0 Å². The summed E-state index contributed by atoms with van der Waals surface area (Å²) >= 11 is 5.50. The maximum absolute atomic E-state index is 13.4. The highest BCUT2D eigenvalue weighted by Crippen LogP contribution is 2.16. The first-order valence-corrected chi connectivity index (χ1v) is 5.34. The van der Waals surface area contributed by atoms with Gasteiger partial charge in [0, 0.05) is 7.05 Å². The summed E-state index contributed by atoms with van der Waals surface area (Å²) in [6.07, 6.45) is 0. The van der Waals surface area contributed by atoms with Crippen LogP contribution in [0.2, 0.25) is 0 Å². The molecular formula is C11H12ClFN2O2. The lowest BCUT2D eigenvalue weighted by Gasteiger charge is -2.18. The van der Waals surface area contributed by atoms with Crippen LogP contribution in [0.1, 0.15) is 6.92 Å². The van der Waals surface area contributed by atoms with Gasteiger partial charge in [-0.3, -0.25) is 15.0 Å². The zero-order valence-electron chi connectivity index (χ0n) is 9.41. The topological polar surface area (TPSA) is 49.4 Å². The Balaban J connectivity index is 2.77. The number of hydrogen-bond acceptors (Lipinski definition) is 2. The third kappa shape index (κ3) is 3.42. The van der Waals surface area contributed by atoms with Crippen LogP contribution in [0.4, 0.5) is 14.9 Å². The number of anilines is 1. The largest absolute Gasteiger partial charge is 0.328 e. The maximum atomic E-state index is 13.4. The number of amides is 3. The molecule has 0 aromatic heterocycles. The van der Waals surface area contributed by atoms with Gasteiger partial charge in [0.05, 0.1) is 5.69 Å². The molecule has 17 heavy (non-hydrogen) atoms. The number of nitrogens with one attached hydrogen (secondary N) is 1. The quantitative estimate of drug-likeness (QED) is 0.826. The molecule has 4 nitrogen and oxygen atoms in total. The van der Waals surface area contributed by atoms with Gasteiger partial charge in [-0.1, -0.05) is 12.1 Å². The van der Waals surface area contributed by atoms with Crippen LogP contribution in [0, 0.1) is 5.82 Å². The summed E-state index contributed by atoms with van der Waals surface area (Å²) in [5.74, 6) is -1.17. The first kappa shape index (κ1) is 13.4. The van der Waals surface area contributed by atoms with E-state index in [2.05, 4.69) is 5.32 Å². The summed E-state index contributed by atoms with van der Waals surface area (Å²) in [6, 6.07) is 5.03. The van der Waals surface area contributed by atoms with Gasteiger partial charge in [0.2, 0.25) is 5.91 Å². The highest BCUT2D eigenvalue weighted by atomic mass is 35.5. The van der Waals surface area contributed by atoms with E-state index in [9.17, 15) is 14.0 Å². The second-order valence-electron chi connectivity index (χ2n) is 3.42. The normalized spacial score (nSPS) is 11.8. The highest BCUT2D eigenvalue weighted by molar-refractivity contribution is 6.31. The molecule has 92 valence electrons. The molecule has 1 rings (SSSR count). The van der Waals surface area contributed by atoms with Gasteiger partial charge in [-0.05, 0) is 19.1 Å². The Bertz CT molecular complexity index is 437. The molecule has 0 fully saturated rings. The van der Waals surface area contributed by atoms with E-state index in [-0.39, 0.29) is 5.69 Å². The number of halogens is 2. The monoisotopic (exact) mass is 258 g/mol. The number of benzene rings is 1. The average molecular weight is 259 g/mol. The van der Waals surface area contributed by atoms with E-state index in [4.69, 9.17) is 11.6 Å². The van der Waals surface area contributed by atoms with Gasteiger partial charge >= 0.3 is 6.03 Å². The minimum atomic E-state index is -0.826. The van der Waals surface area contributed by atoms with Crippen LogP contribution >= 0.6 is 11.6 Å². The number of hydrogen-bond donors (Lipinski definition) is 1. The fourth-order valence-electron chi connectivity index (χ4n) is 1.12. The summed E-state index contributed by atoms with van der Waals surface area (Å²) in [4.78, 5) is 23.8. The fraction of sp³-hybridized carbons (Fsp3) is 0.273. The van der Waals surface area contributed by atoms with Crippen LogP contribution in [-0.4, -0.2) is 24.4 Å². The summed E-state index contributed by atoms with van der Waals surface area (Å²) in [7, 11) is 1.36. The van der Waals surface area contributed by atoms with Crippen molar-refractivity contribution in [3.8, 4) is 0 Å². The molecule has 0 aliphatic carbocycles. The van der Waals surface area contributed by atoms with Gasteiger partial charge in [-0.25, -0.2) is 9.18 Å². The standard InChI is InChI=1S/C11H12ClFN2O2/c1-7(12)10(16)14-11(17)15(2)9-6-4-3-5-8(9)13/h3-7H,1-2H3,(H,14,16,17). The number of urea groups is 1. The molecule has 3 amide bonds. The third-order valence-corrected chi connectivity index (χ3v) is 2.31. The first-order chi connectivity index (χ1) is 7.93. The molecule has 0 saturated heterocycles.